The van der Waals surface area contributed by atoms with E-state index in [0.717, 1.165) is 17.2 Å². The van der Waals surface area contributed by atoms with E-state index in [0.29, 0.717) is 12.6 Å². The summed E-state index contributed by atoms with van der Waals surface area (Å²) in [5, 5.41) is 4.66. The van der Waals surface area contributed by atoms with Crippen LogP contribution in [-0.4, -0.2) is 17.6 Å². The molecule has 1 heterocycles. The summed E-state index contributed by atoms with van der Waals surface area (Å²) >= 11 is 1.78. The molecule has 0 bridgehead atoms. The topological polar surface area (TPSA) is 50.9 Å². The molecule has 0 saturated heterocycles. The molecule has 2 rings (SSSR count). The van der Waals surface area contributed by atoms with Gasteiger partial charge in [-0.15, -0.1) is 11.3 Å². The van der Waals surface area contributed by atoms with E-state index in [1.54, 1.807) is 11.3 Å². The summed E-state index contributed by atoms with van der Waals surface area (Å²) in [6.45, 7) is 2.79. The molecule has 3 N–H and O–H groups in total. The van der Waals surface area contributed by atoms with Gasteiger partial charge < -0.3 is 11.1 Å². The normalized spacial score (nSPS) is 17.6. The first-order valence-electron chi connectivity index (χ1n) is 6.22. The van der Waals surface area contributed by atoms with Gasteiger partial charge in [0.05, 0.1) is 5.69 Å². The highest BCUT2D eigenvalue weighted by atomic mass is 32.1. The minimum Gasteiger partial charge on any atom is -0.359 e. The second-order valence-corrected chi connectivity index (χ2v) is 5.63. The predicted octanol–water partition coefficient (Wildman–Crippen LogP) is 2.70. The van der Waals surface area contributed by atoms with Gasteiger partial charge in [0.1, 0.15) is 0 Å². The fourth-order valence-corrected chi connectivity index (χ4v) is 3.33. The Hall–Kier alpha value is -0.610. The highest BCUT2D eigenvalue weighted by Gasteiger charge is 2.15. The summed E-state index contributed by atoms with van der Waals surface area (Å²) in [5.41, 5.74) is 6.73. The minimum absolute atomic E-state index is 0.644. The van der Waals surface area contributed by atoms with Crippen LogP contribution in [0.1, 0.15) is 42.7 Å². The van der Waals surface area contributed by atoms with Crippen LogP contribution in [0.5, 0.6) is 0 Å². The fraction of sp³-hybridized carbons (Fsp3) is 0.750. The Morgan fingerprint density at radius 3 is 2.81 bits per heavy atom. The summed E-state index contributed by atoms with van der Waals surface area (Å²) in [5.74, 6) is 0. The van der Waals surface area contributed by atoms with E-state index in [9.17, 15) is 0 Å². The molecule has 1 aromatic rings. The Morgan fingerprint density at radius 2 is 2.12 bits per heavy atom. The Kier molecular flexibility index (Phi) is 4.18. The average Bonchev–Trinajstić information content (AvgIpc) is 2.61. The highest BCUT2D eigenvalue weighted by molar-refractivity contribution is 7.15. The van der Waals surface area contributed by atoms with Crippen molar-refractivity contribution in [2.75, 3.05) is 11.9 Å². The summed E-state index contributed by atoms with van der Waals surface area (Å²) < 4.78 is 0. The second kappa shape index (κ2) is 5.64. The number of thiazole rings is 1. The van der Waals surface area contributed by atoms with E-state index in [1.807, 2.05) is 0 Å². The van der Waals surface area contributed by atoms with Crippen LogP contribution in [0.3, 0.4) is 0 Å². The number of aryl methyl sites for hydroxylation is 1. The number of rotatable bonds is 4. The third kappa shape index (κ3) is 2.95. The Balaban J connectivity index is 1.95. The SMILES string of the molecule is Cc1nc(NC2CCCCC2)sc1CCN. The van der Waals surface area contributed by atoms with Crippen LogP contribution in [-0.2, 0) is 6.42 Å². The van der Waals surface area contributed by atoms with Crippen molar-refractivity contribution in [1.82, 2.24) is 4.98 Å². The van der Waals surface area contributed by atoms with Crippen molar-refractivity contribution in [3.05, 3.63) is 10.6 Å². The molecule has 1 fully saturated rings. The van der Waals surface area contributed by atoms with Gasteiger partial charge in [0.2, 0.25) is 0 Å². The number of aromatic nitrogens is 1. The molecule has 1 saturated carbocycles. The van der Waals surface area contributed by atoms with Crippen molar-refractivity contribution < 1.29 is 0 Å². The maximum Gasteiger partial charge on any atom is 0.183 e. The van der Waals surface area contributed by atoms with Gasteiger partial charge in [-0.1, -0.05) is 19.3 Å². The van der Waals surface area contributed by atoms with Crippen molar-refractivity contribution in [3.8, 4) is 0 Å². The number of nitrogens with zero attached hydrogens (tertiary/aromatic N) is 1. The van der Waals surface area contributed by atoms with Gasteiger partial charge in [-0.3, -0.25) is 0 Å². The first-order chi connectivity index (χ1) is 7.79. The minimum atomic E-state index is 0.644. The molecule has 0 radical (unpaired) electrons. The second-order valence-electron chi connectivity index (χ2n) is 4.55. The molecular formula is C12H21N3S. The van der Waals surface area contributed by atoms with E-state index in [-0.39, 0.29) is 0 Å². The van der Waals surface area contributed by atoms with Crippen LogP contribution >= 0.6 is 11.3 Å². The van der Waals surface area contributed by atoms with Crippen molar-refractivity contribution in [1.29, 1.82) is 0 Å². The number of nitrogens with two attached hydrogens (primary N) is 1. The highest BCUT2D eigenvalue weighted by Crippen LogP contribution is 2.26. The Bertz CT molecular complexity index is 329. The summed E-state index contributed by atoms with van der Waals surface area (Å²) in [7, 11) is 0. The molecule has 0 unspecified atom stereocenters. The lowest BCUT2D eigenvalue weighted by molar-refractivity contribution is 0.462. The van der Waals surface area contributed by atoms with E-state index < -0.39 is 0 Å². The first-order valence-corrected chi connectivity index (χ1v) is 7.04. The maximum absolute atomic E-state index is 5.58. The lowest BCUT2D eigenvalue weighted by Crippen LogP contribution is -2.21. The largest absolute Gasteiger partial charge is 0.359 e. The molecule has 3 nitrogen and oxygen atoms in total. The lowest BCUT2D eigenvalue weighted by Gasteiger charge is -2.22. The van der Waals surface area contributed by atoms with Crippen molar-refractivity contribution >= 4 is 16.5 Å². The third-order valence-electron chi connectivity index (χ3n) is 3.20. The van der Waals surface area contributed by atoms with Crippen LogP contribution in [0, 0.1) is 6.92 Å². The Labute approximate surface area is 101 Å². The Morgan fingerprint density at radius 1 is 1.38 bits per heavy atom. The van der Waals surface area contributed by atoms with Crippen LogP contribution in [0.15, 0.2) is 0 Å². The zero-order valence-electron chi connectivity index (χ0n) is 9.96. The van der Waals surface area contributed by atoms with Gasteiger partial charge in [0.25, 0.3) is 0 Å². The lowest BCUT2D eigenvalue weighted by atomic mass is 9.96. The van der Waals surface area contributed by atoms with Gasteiger partial charge >= 0.3 is 0 Å². The maximum atomic E-state index is 5.58. The molecule has 0 spiro atoms. The smallest absolute Gasteiger partial charge is 0.183 e. The average molecular weight is 239 g/mol. The zero-order valence-corrected chi connectivity index (χ0v) is 10.8. The van der Waals surface area contributed by atoms with Crippen molar-refractivity contribution in [2.24, 2.45) is 5.73 Å². The molecule has 90 valence electrons. The van der Waals surface area contributed by atoms with Crippen LogP contribution in [0.25, 0.3) is 0 Å². The molecule has 16 heavy (non-hydrogen) atoms. The number of hydrogen-bond donors (Lipinski definition) is 2. The summed E-state index contributed by atoms with van der Waals surface area (Å²) in [6.07, 6.45) is 7.66. The van der Waals surface area contributed by atoms with Gasteiger partial charge in [-0.25, -0.2) is 4.98 Å². The summed E-state index contributed by atoms with van der Waals surface area (Å²) in [6, 6.07) is 0.644. The summed E-state index contributed by atoms with van der Waals surface area (Å²) in [4.78, 5) is 5.91. The van der Waals surface area contributed by atoms with Crippen molar-refractivity contribution in [3.63, 3.8) is 0 Å². The molecule has 1 aromatic heterocycles. The van der Waals surface area contributed by atoms with Gasteiger partial charge in [0.15, 0.2) is 5.13 Å². The quantitative estimate of drug-likeness (QED) is 0.849. The van der Waals surface area contributed by atoms with Crippen molar-refractivity contribution in [2.45, 2.75) is 51.5 Å². The molecular weight excluding hydrogens is 218 g/mol. The first kappa shape index (κ1) is 11.9. The van der Waals surface area contributed by atoms with Gasteiger partial charge in [-0.2, -0.15) is 0 Å². The van der Waals surface area contributed by atoms with Crippen LogP contribution in [0.2, 0.25) is 0 Å². The molecule has 0 aliphatic heterocycles. The van der Waals surface area contributed by atoms with Gasteiger partial charge in [-0.05, 0) is 32.7 Å². The third-order valence-corrected chi connectivity index (χ3v) is 4.35. The van der Waals surface area contributed by atoms with E-state index in [2.05, 4.69) is 17.2 Å². The van der Waals surface area contributed by atoms with Gasteiger partial charge in [0, 0.05) is 10.9 Å². The van der Waals surface area contributed by atoms with E-state index in [4.69, 9.17) is 5.73 Å². The molecule has 0 amide bonds. The van der Waals surface area contributed by atoms with Crippen LogP contribution < -0.4 is 11.1 Å². The van der Waals surface area contributed by atoms with E-state index in [1.165, 1.54) is 37.0 Å². The molecule has 0 aromatic carbocycles. The molecule has 4 heteroatoms. The standard InChI is InChI=1S/C12H21N3S/c1-9-11(7-8-13)16-12(14-9)15-10-5-3-2-4-6-10/h10H,2-8,13H2,1H3,(H,14,15). The van der Waals surface area contributed by atoms with E-state index >= 15 is 0 Å². The number of nitrogens with one attached hydrogen (secondary N) is 1. The molecule has 1 aliphatic rings. The number of anilines is 1. The zero-order chi connectivity index (χ0) is 11.4. The molecule has 1 aliphatic carbocycles. The predicted molar refractivity (Wildman–Crippen MR) is 70.1 cm³/mol. The number of hydrogen-bond acceptors (Lipinski definition) is 4. The fourth-order valence-electron chi connectivity index (χ4n) is 2.27. The molecule has 0 atom stereocenters. The van der Waals surface area contributed by atoms with Crippen LogP contribution in [0.4, 0.5) is 5.13 Å². The monoisotopic (exact) mass is 239 g/mol.